The van der Waals surface area contributed by atoms with Gasteiger partial charge in [0.2, 0.25) is 0 Å². The zero-order valence-electron chi connectivity index (χ0n) is 73.0. The summed E-state index contributed by atoms with van der Waals surface area (Å²) in [6, 6.07) is 78.5. The van der Waals surface area contributed by atoms with E-state index in [9.17, 15) is 72.0 Å². The average molecular weight is 2010 g/mol. The molecule has 24 rings (SSSR count). The van der Waals surface area contributed by atoms with E-state index >= 15 is 0 Å². The molecule has 0 amide bonds. The van der Waals surface area contributed by atoms with Crippen molar-refractivity contribution in [1.82, 2.24) is 28.2 Å². The van der Waals surface area contributed by atoms with Crippen molar-refractivity contribution in [2.24, 2.45) is 0 Å². The maximum absolute atomic E-state index is 14.2. The summed E-state index contributed by atoms with van der Waals surface area (Å²) in [5.74, 6) is -2.71. The van der Waals surface area contributed by atoms with Crippen LogP contribution in [0.15, 0.2) is 387 Å². The number of ether oxygens (including phenoxy) is 1. The summed E-state index contributed by atoms with van der Waals surface area (Å²) < 4.78 is 75.9. The van der Waals surface area contributed by atoms with Crippen molar-refractivity contribution in [1.29, 1.82) is 0 Å². The van der Waals surface area contributed by atoms with Crippen LogP contribution in [0.3, 0.4) is 0 Å². The predicted molar refractivity (Wildman–Crippen MR) is 538 cm³/mol. The Bertz CT molecular complexity index is 9320. The number of hydrogen-bond acceptors (Lipinski definition) is 23. The molecule has 21 aromatic rings. The van der Waals surface area contributed by atoms with E-state index in [0.29, 0.717) is 99.7 Å². The van der Waals surface area contributed by atoms with Crippen molar-refractivity contribution < 1.29 is 56.0 Å². The van der Waals surface area contributed by atoms with Gasteiger partial charge in [0.15, 0.2) is 45.3 Å². The number of halogens is 6. The fourth-order valence-corrected chi connectivity index (χ4v) is 22.4. The third-order valence-corrected chi connectivity index (χ3v) is 29.5. The Kier molecular flexibility index (Phi) is 24.5. The van der Waals surface area contributed by atoms with Crippen LogP contribution in [0.1, 0.15) is 62.6 Å². The third-order valence-electron chi connectivity index (χ3n) is 24.5. The summed E-state index contributed by atoms with van der Waals surface area (Å²) in [4.78, 5) is 116. The normalized spacial score (nSPS) is 13.8. The van der Waals surface area contributed by atoms with Gasteiger partial charge in [-0.2, -0.15) is 0 Å². The lowest BCUT2D eigenvalue weighted by molar-refractivity contribution is 0.441. The highest BCUT2D eigenvalue weighted by molar-refractivity contribution is 8.00. The molecule has 12 aromatic carbocycles. The van der Waals surface area contributed by atoms with E-state index < -0.39 is 74.1 Å². The number of aromatic nitrogens is 6. The molecule has 0 spiro atoms. The van der Waals surface area contributed by atoms with Gasteiger partial charge in [-0.15, -0.1) is 0 Å². The average Bonchev–Trinajstić information content (AvgIpc) is 1.62. The Morgan fingerprint density at radius 3 is 1.27 bits per heavy atom. The Morgan fingerprint density at radius 2 is 0.787 bits per heavy atom. The maximum Gasteiger partial charge on any atom is 0.354 e. The molecule has 3 atom stereocenters. The Labute approximate surface area is 823 Å². The molecule has 696 valence electrons. The van der Waals surface area contributed by atoms with E-state index in [-0.39, 0.29) is 110 Å². The zero-order valence-corrected chi connectivity index (χ0v) is 78.5. The van der Waals surface area contributed by atoms with Gasteiger partial charge < -0.3 is 47.4 Å². The highest BCUT2D eigenvalue weighted by Gasteiger charge is 2.37. The monoisotopic (exact) mass is 2010 g/mol. The minimum atomic E-state index is -0.864. The first-order valence-electron chi connectivity index (χ1n) is 43.5. The van der Waals surface area contributed by atoms with Gasteiger partial charge >= 0.3 is 28.5 Å². The predicted octanol–water partition coefficient (Wildman–Crippen LogP) is 23.6. The molecule has 141 heavy (non-hydrogen) atoms. The standard InChI is InChI=1S/C29H17Cl2N3O5S.C27H19NO4S.C26H15ClFNO4S.C26H15F2NO4S/c30-17-3-1-4-20(13-17)40-26-24(35)23-25(39-28(26)37)21-10-7-18(31)14-22(21)34(27(23)36)15-16-5-8-19(9-6-16)38-29-32-11-2-12-33-29;1-15-7-5-11-18(13-15)33-25-23(29)21-24(32-27(25)31)19-12-6-10-17-14-20(16-8-3-2-4-9-16)28(22(17)19)26(21)30;27-15-9-7-13(8-10-15)19-11-14-3-1-6-18-21(14)29(19)25(31)20-22(30)24(26(32)33-23(18)20)34-17-5-2-4-16(28)12-17;27-15-10-8-13(9-11-15)18-12-14-4-3-5-16-21(14)29(18)25(31)20-22(30)24(26(32)33-23(16)20)34-19-7-2-1-6-17(19)28/h1-14,35H,15H2;2-13,20,29H,14H2,1H3;1-10,12,19,30H,11H2;1-11,18,30H,12H2. The number of para-hydroxylation sites is 3. The molecule has 3 aliphatic heterocycles. The Morgan fingerprint density at radius 1 is 0.376 bits per heavy atom. The zero-order chi connectivity index (χ0) is 97.6. The van der Waals surface area contributed by atoms with Gasteiger partial charge in [0, 0.05) is 68.6 Å². The van der Waals surface area contributed by atoms with E-state index in [4.69, 9.17) is 57.2 Å². The molecule has 3 aliphatic rings. The van der Waals surface area contributed by atoms with Gasteiger partial charge in [0.25, 0.3) is 22.2 Å². The number of aromatic hydroxyl groups is 4. The first kappa shape index (κ1) is 91.8. The molecular weight excluding hydrogens is 1940 g/mol. The van der Waals surface area contributed by atoms with Crippen LogP contribution in [0.25, 0.3) is 87.5 Å². The second-order valence-corrected chi connectivity index (χ2v) is 38.7. The smallest absolute Gasteiger partial charge is 0.354 e. The van der Waals surface area contributed by atoms with E-state index in [1.165, 1.54) is 53.1 Å². The van der Waals surface area contributed by atoms with Crippen LogP contribution < -0.4 is 49.5 Å². The van der Waals surface area contributed by atoms with Crippen molar-refractivity contribution in [3.63, 3.8) is 0 Å². The van der Waals surface area contributed by atoms with E-state index in [1.807, 2.05) is 110 Å². The topological polar surface area (TPSA) is 325 Å². The van der Waals surface area contributed by atoms with Gasteiger partial charge in [-0.3, -0.25) is 32.9 Å². The molecule has 0 radical (unpaired) electrons. The van der Waals surface area contributed by atoms with Crippen LogP contribution in [0, 0.1) is 24.4 Å². The lowest BCUT2D eigenvalue weighted by Crippen LogP contribution is -2.24. The largest absolute Gasteiger partial charge is 0.505 e. The van der Waals surface area contributed by atoms with E-state index in [1.54, 1.807) is 153 Å². The summed E-state index contributed by atoms with van der Waals surface area (Å²) in [5.41, 5.74) is 4.90. The SMILES string of the molecule is Cc1cccc(Sc2c(O)c3c(=O)n4c5c(cccc5c3oc2=O)CC4c2ccccc2)c1.O=c1oc2c(c(O)c1Sc1cccc(Cl)c1)c(=O)n(Cc1ccc(Oc3ncccn3)cc1)c1cc(Cl)ccc21.O=c1oc2c(c(O)c1Sc1cccc(F)c1)c(=O)n1c3c(cccc23)CC1c1ccc(Cl)cc1.O=c1oc2c(c(O)c1Sc1ccccc1F)c(=O)n1c3c(cccc23)CC1c1ccc(F)cc1. The van der Waals surface area contributed by atoms with E-state index in [2.05, 4.69) is 9.97 Å². The highest BCUT2D eigenvalue weighted by atomic mass is 35.5. The van der Waals surface area contributed by atoms with E-state index in [0.717, 1.165) is 90.2 Å². The molecule has 0 saturated carbocycles. The molecule has 23 nitrogen and oxygen atoms in total. The van der Waals surface area contributed by atoms with Crippen LogP contribution >= 0.6 is 81.9 Å². The molecule has 4 N–H and O–H groups in total. The van der Waals surface area contributed by atoms with Crippen molar-refractivity contribution in [2.45, 2.75) is 90.0 Å². The lowest BCUT2D eigenvalue weighted by atomic mass is 10.0. The van der Waals surface area contributed by atoms with Gasteiger partial charge in [-0.1, -0.05) is 227 Å². The summed E-state index contributed by atoms with van der Waals surface area (Å²) in [6.07, 6.45) is 4.87. The van der Waals surface area contributed by atoms with Gasteiger partial charge in [0.1, 0.15) is 64.3 Å². The molecule has 0 aliphatic carbocycles. The number of hydrogen-bond donors (Lipinski definition) is 4. The van der Waals surface area contributed by atoms with Gasteiger partial charge in [-0.25, -0.2) is 42.3 Å². The van der Waals surface area contributed by atoms with Gasteiger partial charge in [-0.05, 0) is 205 Å². The van der Waals surface area contributed by atoms with Crippen LogP contribution in [-0.2, 0) is 25.8 Å². The molecular formula is C108H66Cl3F3N6O17S4. The Hall–Kier alpha value is -15.5. The lowest BCUT2D eigenvalue weighted by Gasteiger charge is -2.17. The minimum absolute atomic E-state index is 0.0155. The molecule has 0 saturated heterocycles. The van der Waals surface area contributed by atoms with Crippen molar-refractivity contribution in [3.05, 3.63) is 452 Å². The van der Waals surface area contributed by atoms with Crippen LogP contribution in [0.2, 0.25) is 15.1 Å². The van der Waals surface area contributed by atoms with Crippen LogP contribution in [-0.4, -0.2) is 48.7 Å². The van der Waals surface area contributed by atoms with Crippen molar-refractivity contribution in [3.8, 4) is 34.8 Å². The maximum atomic E-state index is 14.2. The number of benzene rings is 12. The number of pyridine rings is 4. The number of fused-ring (bicyclic) bond motifs is 9. The molecule has 12 heterocycles. The number of rotatable bonds is 15. The summed E-state index contributed by atoms with van der Waals surface area (Å²) in [5, 5.41) is 48.0. The fourth-order valence-electron chi connectivity index (χ4n) is 18.3. The summed E-state index contributed by atoms with van der Waals surface area (Å²) in [6.45, 7) is 2.09. The second-order valence-electron chi connectivity index (χ2n) is 33.1. The minimum Gasteiger partial charge on any atom is -0.505 e. The summed E-state index contributed by atoms with van der Waals surface area (Å²) in [7, 11) is 0. The Balaban J connectivity index is 0.000000112. The molecule has 0 bridgehead atoms. The van der Waals surface area contributed by atoms with Gasteiger partial charge in [0.05, 0.1) is 46.7 Å². The number of nitrogens with zero attached hydrogens (tertiary/aromatic N) is 6. The van der Waals surface area contributed by atoms with Crippen molar-refractivity contribution in [2.75, 3.05) is 0 Å². The third kappa shape index (κ3) is 17.1. The molecule has 0 fully saturated rings. The van der Waals surface area contributed by atoms with Crippen LogP contribution in [0.5, 0.6) is 34.8 Å². The van der Waals surface area contributed by atoms with Crippen LogP contribution in [0.4, 0.5) is 13.2 Å². The molecule has 33 heteroatoms. The summed E-state index contributed by atoms with van der Waals surface area (Å²) >= 11 is 22.0. The first-order valence-corrected chi connectivity index (χ1v) is 47.9. The number of aryl methyl sites for hydroxylation is 1. The molecule has 3 unspecified atom stereocenters. The molecule has 9 aromatic heterocycles. The highest BCUT2D eigenvalue weighted by Crippen LogP contribution is 2.48. The quantitative estimate of drug-likeness (QED) is 0.0693. The second kappa shape index (κ2) is 37.7. The first-order chi connectivity index (χ1) is 68.2. The fraction of sp³-hybridized carbons (Fsp3) is 0.0741. The van der Waals surface area contributed by atoms with Crippen molar-refractivity contribution >= 4 is 169 Å².